The van der Waals surface area contributed by atoms with Crippen molar-refractivity contribution in [3.05, 3.63) is 45.7 Å². The lowest BCUT2D eigenvalue weighted by atomic mass is 9.95. The topological polar surface area (TPSA) is 82.3 Å². The summed E-state index contributed by atoms with van der Waals surface area (Å²) < 4.78 is 37.4. The van der Waals surface area contributed by atoms with Crippen molar-refractivity contribution in [2.24, 2.45) is 5.92 Å². The number of aromatic amines is 1. The van der Waals surface area contributed by atoms with Gasteiger partial charge in [0.15, 0.2) is 0 Å². The first-order valence-corrected chi connectivity index (χ1v) is 8.91. The van der Waals surface area contributed by atoms with Crippen LogP contribution in [0, 0.1) is 12.8 Å². The van der Waals surface area contributed by atoms with Gasteiger partial charge in [-0.1, -0.05) is 12.1 Å². The van der Waals surface area contributed by atoms with Gasteiger partial charge in [-0.05, 0) is 42.8 Å². The highest BCUT2D eigenvalue weighted by Gasteiger charge is 2.43. The van der Waals surface area contributed by atoms with E-state index in [9.17, 15) is 27.6 Å². The number of nitrogens with zero attached hydrogens (tertiary/aromatic N) is 1. The minimum absolute atomic E-state index is 0.0275. The standard InChI is InChI=1S/C19H20F3N3O3/c1-11-2-3-13-9-14(17(27)24-15(13)8-11)10-23-16(26)12-4-6-25(7-5-12)18(28)19(20,21)22/h2-3,8-9,12H,4-7,10H2,1H3,(H,23,26)(H,24,27). The molecule has 2 heterocycles. The van der Waals surface area contributed by atoms with E-state index in [1.54, 1.807) is 6.07 Å². The quantitative estimate of drug-likeness (QED) is 0.836. The number of amides is 2. The smallest absolute Gasteiger partial charge is 0.352 e. The summed E-state index contributed by atoms with van der Waals surface area (Å²) in [6.07, 6.45) is -4.59. The van der Waals surface area contributed by atoms with Crippen LogP contribution in [0.2, 0.25) is 0 Å². The summed E-state index contributed by atoms with van der Waals surface area (Å²) in [6, 6.07) is 7.35. The van der Waals surface area contributed by atoms with E-state index in [4.69, 9.17) is 0 Å². The van der Waals surface area contributed by atoms with E-state index in [0.29, 0.717) is 11.1 Å². The van der Waals surface area contributed by atoms with Crippen LogP contribution in [-0.2, 0) is 16.1 Å². The van der Waals surface area contributed by atoms with Gasteiger partial charge in [-0.25, -0.2) is 0 Å². The Labute approximate surface area is 158 Å². The number of aromatic nitrogens is 1. The van der Waals surface area contributed by atoms with Crippen molar-refractivity contribution in [3.63, 3.8) is 0 Å². The molecule has 2 amide bonds. The molecule has 28 heavy (non-hydrogen) atoms. The summed E-state index contributed by atoms with van der Waals surface area (Å²) in [5.74, 6) is -2.69. The molecule has 0 unspecified atom stereocenters. The third kappa shape index (κ3) is 4.35. The summed E-state index contributed by atoms with van der Waals surface area (Å²) in [5.41, 5.74) is 1.82. The molecule has 2 aromatic rings. The Hall–Kier alpha value is -2.84. The fourth-order valence-corrected chi connectivity index (χ4v) is 3.34. The van der Waals surface area contributed by atoms with E-state index in [-0.39, 0.29) is 43.9 Å². The zero-order chi connectivity index (χ0) is 20.5. The number of pyridine rings is 1. The number of carbonyl (C=O) groups is 2. The van der Waals surface area contributed by atoms with Crippen molar-refractivity contribution in [3.8, 4) is 0 Å². The predicted molar refractivity (Wildman–Crippen MR) is 96.5 cm³/mol. The Morgan fingerprint density at radius 1 is 1.21 bits per heavy atom. The second kappa shape index (κ2) is 7.65. The van der Waals surface area contributed by atoms with Gasteiger partial charge >= 0.3 is 12.1 Å². The molecular formula is C19H20F3N3O3. The minimum atomic E-state index is -4.90. The molecular weight excluding hydrogens is 375 g/mol. The maximum absolute atomic E-state index is 12.5. The second-order valence-corrected chi connectivity index (χ2v) is 7.00. The van der Waals surface area contributed by atoms with Gasteiger partial charge in [0, 0.05) is 36.6 Å². The van der Waals surface area contributed by atoms with Crippen LogP contribution in [0.5, 0.6) is 0 Å². The van der Waals surface area contributed by atoms with E-state index < -0.39 is 18.0 Å². The number of benzene rings is 1. The summed E-state index contributed by atoms with van der Waals surface area (Å²) in [6.45, 7) is 1.71. The summed E-state index contributed by atoms with van der Waals surface area (Å²) >= 11 is 0. The molecule has 1 aromatic heterocycles. The molecule has 1 saturated heterocycles. The zero-order valence-electron chi connectivity index (χ0n) is 15.2. The van der Waals surface area contributed by atoms with Gasteiger partial charge in [-0.15, -0.1) is 0 Å². The molecule has 6 nitrogen and oxygen atoms in total. The van der Waals surface area contributed by atoms with Gasteiger partial charge in [-0.3, -0.25) is 14.4 Å². The largest absolute Gasteiger partial charge is 0.471 e. The number of alkyl halides is 3. The third-order valence-electron chi connectivity index (χ3n) is 4.93. The number of hydrogen-bond donors (Lipinski definition) is 2. The number of nitrogens with one attached hydrogen (secondary N) is 2. The second-order valence-electron chi connectivity index (χ2n) is 7.00. The Balaban J connectivity index is 1.59. The molecule has 0 spiro atoms. The molecule has 0 aliphatic carbocycles. The lowest BCUT2D eigenvalue weighted by Crippen LogP contribution is -2.47. The van der Waals surface area contributed by atoms with E-state index in [2.05, 4.69) is 10.3 Å². The molecule has 0 atom stereocenters. The highest BCUT2D eigenvalue weighted by Crippen LogP contribution is 2.24. The van der Waals surface area contributed by atoms with Gasteiger partial charge < -0.3 is 15.2 Å². The van der Waals surface area contributed by atoms with Gasteiger partial charge in [-0.2, -0.15) is 13.2 Å². The first-order chi connectivity index (χ1) is 13.1. The lowest BCUT2D eigenvalue weighted by Gasteiger charge is -2.31. The number of piperidine rings is 1. The van der Waals surface area contributed by atoms with Crippen molar-refractivity contribution in [1.82, 2.24) is 15.2 Å². The fourth-order valence-electron chi connectivity index (χ4n) is 3.34. The Bertz CT molecular complexity index is 960. The number of hydrogen-bond acceptors (Lipinski definition) is 3. The van der Waals surface area contributed by atoms with Crippen LogP contribution >= 0.6 is 0 Å². The normalized spacial score (nSPS) is 15.6. The Morgan fingerprint density at radius 2 is 1.89 bits per heavy atom. The van der Waals surface area contributed by atoms with Crippen LogP contribution in [0.3, 0.4) is 0 Å². The number of halogens is 3. The number of likely N-dealkylation sites (tertiary alicyclic amines) is 1. The number of carbonyl (C=O) groups excluding carboxylic acids is 2. The number of aryl methyl sites for hydroxylation is 1. The summed E-state index contributed by atoms with van der Waals surface area (Å²) in [4.78, 5) is 39.2. The van der Waals surface area contributed by atoms with Crippen LogP contribution in [0.4, 0.5) is 13.2 Å². The average Bonchev–Trinajstić information content (AvgIpc) is 2.65. The first-order valence-electron chi connectivity index (χ1n) is 8.91. The lowest BCUT2D eigenvalue weighted by molar-refractivity contribution is -0.186. The van der Waals surface area contributed by atoms with Crippen molar-refractivity contribution in [1.29, 1.82) is 0 Å². The SMILES string of the molecule is Cc1ccc2cc(CNC(=O)C3CCN(C(=O)C(F)(F)F)CC3)c(=O)[nH]c2c1. The minimum Gasteiger partial charge on any atom is -0.352 e. The molecule has 9 heteroatoms. The molecule has 0 saturated carbocycles. The van der Waals surface area contributed by atoms with Crippen LogP contribution in [-0.4, -0.2) is 41.0 Å². The summed E-state index contributed by atoms with van der Waals surface area (Å²) in [7, 11) is 0. The van der Waals surface area contributed by atoms with Crippen LogP contribution in [0.1, 0.15) is 24.0 Å². The van der Waals surface area contributed by atoms with Gasteiger partial charge in [0.05, 0.1) is 0 Å². The molecule has 1 aliphatic heterocycles. The Kier molecular flexibility index (Phi) is 5.44. The Morgan fingerprint density at radius 3 is 2.54 bits per heavy atom. The molecule has 1 aliphatic rings. The van der Waals surface area contributed by atoms with Crippen LogP contribution in [0.15, 0.2) is 29.1 Å². The molecule has 1 fully saturated rings. The monoisotopic (exact) mass is 395 g/mol. The highest BCUT2D eigenvalue weighted by atomic mass is 19.4. The predicted octanol–water partition coefficient (Wildman–Crippen LogP) is 2.25. The van der Waals surface area contributed by atoms with E-state index in [1.165, 1.54) is 0 Å². The van der Waals surface area contributed by atoms with Crippen LogP contribution in [0.25, 0.3) is 10.9 Å². The van der Waals surface area contributed by atoms with Crippen molar-refractivity contribution in [2.45, 2.75) is 32.5 Å². The summed E-state index contributed by atoms with van der Waals surface area (Å²) in [5, 5.41) is 3.52. The van der Waals surface area contributed by atoms with Crippen molar-refractivity contribution in [2.75, 3.05) is 13.1 Å². The molecule has 1 aromatic carbocycles. The molecule has 3 rings (SSSR count). The van der Waals surface area contributed by atoms with Crippen molar-refractivity contribution < 1.29 is 22.8 Å². The molecule has 150 valence electrons. The third-order valence-corrected chi connectivity index (χ3v) is 4.93. The maximum atomic E-state index is 12.5. The van der Waals surface area contributed by atoms with Gasteiger partial charge in [0.25, 0.3) is 5.56 Å². The molecule has 2 N–H and O–H groups in total. The zero-order valence-corrected chi connectivity index (χ0v) is 15.2. The van der Waals surface area contributed by atoms with E-state index >= 15 is 0 Å². The first kappa shape index (κ1) is 19.9. The molecule has 0 bridgehead atoms. The average molecular weight is 395 g/mol. The van der Waals surface area contributed by atoms with E-state index in [1.807, 2.05) is 25.1 Å². The number of H-pyrrole nitrogens is 1. The van der Waals surface area contributed by atoms with E-state index in [0.717, 1.165) is 15.8 Å². The van der Waals surface area contributed by atoms with Crippen molar-refractivity contribution >= 4 is 22.7 Å². The van der Waals surface area contributed by atoms with Gasteiger partial charge in [0.2, 0.25) is 5.91 Å². The number of fused-ring (bicyclic) bond motifs is 1. The van der Waals surface area contributed by atoms with Gasteiger partial charge in [0.1, 0.15) is 0 Å². The highest BCUT2D eigenvalue weighted by molar-refractivity contribution is 5.83. The fraction of sp³-hybridized carbons (Fsp3) is 0.421. The number of rotatable bonds is 3. The molecule has 0 radical (unpaired) electrons. The van der Waals surface area contributed by atoms with Crippen LogP contribution < -0.4 is 10.9 Å². The maximum Gasteiger partial charge on any atom is 0.471 e.